The van der Waals surface area contributed by atoms with Crippen molar-refractivity contribution in [3.8, 4) is 22.6 Å². The van der Waals surface area contributed by atoms with E-state index in [0.29, 0.717) is 22.2 Å². The maximum absolute atomic E-state index is 12.1. The third-order valence-electron chi connectivity index (χ3n) is 3.75. The Bertz CT molecular complexity index is 897. The first-order valence-electron chi connectivity index (χ1n) is 8.07. The maximum atomic E-state index is 12.1. The number of carbonyl (C=O) groups excluding carboxylic acids is 1. The molecule has 0 saturated heterocycles. The van der Waals surface area contributed by atoms with E-state index < -0.39 is 0 Å². The largest absolute Gasteiger partial charge is 0.497 e. The fourth-order valence-electron chi connectivity index (χ4n) is 2.47. The summed E-state index contributed by atoms with van der Waals surface area (Å²) >= 11 is 6.29. The van der Waals surface area contributed by atoms with Gasteiger partial charge in [-0.15, -0.1) is 0 Å². The number of hydrogen-bond acceptors (Lipinski definition) is 3. The van der Waals surface area contributed by atoms with Crippen molar-refractivity contribution in [2.75, 3.05) is 19.0 Å². The first-order chi connectivity index (χ1) is 12.7. The van der Waals surface area contributed by atoms with Crippen molar-refractivity contribution in [2.45, 2.75) is 0 Å². The topological polar surface area (TPSA) is 47.6 Å². The van der Waals surface area contributed by atoms with Crippen LogP contribution < -0.4 is 14.8 Å². The van der Waals surface area contributed by atoms with Crippen molar-refractivity contribution in [3.63, 3.8) is 0 Å². The molecule has 1 amide bonds. The average molecular weight is 368 g/mol. The number of nitrogens with one attached hydrogen (secondary N) is 1. The minimum atomic E-state index is -0.276. The summed E-state index contributed by atoms with van der Waals surface area (Å²) in [5.74, 6) is 0.858. The van der Waals surface area contributed by atoms with Gasteiger partial charge in [0, 0.05) is 11.8 Å². The lowest BCUT2D eigenvalue weighted by Crippen LogP contribution is -2.20. The molecule has 3 rings (SSSR count). The molecule has 0 heterocycles. The van der Waals surface area contributed by atoms with E-state index in [9.17, 15) is 4.79 Å². The first kappa shape index (κ1) is 17.8. The molecule has 0 spiro atoms. The summed E-state index contributed by atoms with van der Waals surface area (Å²) in [6.07, 6.45) is 0. The lowest BCUT2D eigenvalue weighted by Gasteiger charge is -2.11. The molecule has 0 atom stereocenters. The van der Waals surface area contributed by atoms with Gasteiger partial charge in [0.25, 0.3) is 5.91 Å². The molecule has 0 aliphatic rings. The highest BCUT2D eigenvalue weighted by Gasteiger charge is 2.08. The van der Waals surface area contributed by atoms with E-state index in [4.69, 9.17) is 21.1 Å². The van der Waals surface area contributed by atoms with E-state index in [-0.39, 0.29) is 12.5 Å². The molecule has 0 unspecified atom stereocenters. The van der Waals surface area contributed by atoms with E-state index in [0.717, 1.165) is 11.1 Å². The number of methoxy groups -OCH3 is 1. The summed E-state index contributed by atoms with van der Waals surface area (Å²) in [5.41, 5.74) is 2.70. The molecular weight excluding hydrogens is 350 g/mol. The lowest BCUT2D eigenvalue weighted by molar-refractivity contribution is -0.118. The number of amides is 1. The van der Waals surface area contributed by atoms with Crippen molar-refractivity contribution in [3.05, 3.63) is 77.8 Å². The van der Waals surface area contributed by atoms with Crippen LogP contribution in [-0.2, 0) is 4.79 Å². The van der Waals surface area contributed by atoms with Gasteiger partial charge in [-0.2, -0.15) is 0 Å². The summed E-state index contributed by atoms with van der Waals surface area (Å²) in [5, 5.41) is 3.22. The molecule has 0 bridgehead atoms. The van der Waals surface area contributed by atoms with Crippen LogP contribution in [0, 0.1) is 0 Å². The summed E-state index contributed by atoms with van der Waals surface area (Å²) in [7, 11) is 1.57. The summed E-state index contributed by atoms with van der Waals surface area (Å²) in [6, 6.07) is 22.5. The molecule has 0 fully saturated rings. The standard InChI is InChI=1S/C21H18ClNO3/c1-25-18-9-5-8-17(13-18)23-21(24)14-26-20-11-10-16(12-19(20)22)15-6-3-2-4-7-15/h2-13H,14H2,1H3,(H,23,24). The van der Waals surface area contributed by atoms with Gasteiger partial charge in [0.15, 0.2) is 6.61 Å². The Morgan fingerprint density at radius 3 is 2.50 bits per heavy atom. The third-order valence-corrected chi connectivity index (χ3v) is 4.05. The van der Waals surface area contributed by atoms with Crippen molar-refractivity contribution >= 4 is 23.2 Å². The van der Waals surface area contributed by atoms with Gasteiger partial charge in [0.05, 0.1) is 12.1 Å². The normalized spacial score (nSPS) is 10.2. The van der Waals surface area contributed by atoms with Gasteiger partial charge in [-0.1, -0.05) is 54.1 Å². The number of ether oxygens (including phenoxy) is 2. The minimum Gasteiger partial charge on any atom is -0.497 e. The molecule has 1 N–H and O–H groups in total. The summed E-state index contributed by atoms with van der Waals surface area (Å²) in [6.45, 7) is -0.137. The molecule has 0 aromatic heterocycles. The molecule has 132 valence electrons. The van der Waals surface area contributed by atoms with Gasteiger partial charge >= 0.3 is 0 Å². The highest BCUT2D eigenvalue weighted by Crippen LogP contribution is 2.30. The second-order valence-corrected chi connectivity index (χ2v) is 5.99. The zero-order valence-electron chi connectivity index (χ0n) is 14.2. The molecule has 0 saturated carbocycles. The van der Waals surface area contributed by atoms with Crippen LogP contribution in [0.1, 0.15) is 0 Å². The van der Waals surface area contributed by atoms with Crippen molar-refractivity contribution in [2.24, 2.45) is 0 Å². The van der Waals surface area contributed by atoms with Crippen LogP contribution in [0.4, 0.5) is 5.69 Å². The number of anilines is 1. The van der Waals surface area contributed by atoms with Crippen LogP contribution in [0.25, 0.3) is 11.1 Å². The molecule has 4 nitrogen and oxygen atoms in total. The molecule has 0 aliphatic carbocycles. The van der Waals surface area contributed by atoms with E-state index in [1.54, 1.807) is 37.4 Å². The Balaban J connectivity index is 1.61. The zero-order valence-corrected chi connectivity index (χ0v) is 15.0. The predicted molar refractivity (Wildman–Crippen MR) is 104 cm³/mol. The second kappa shape index (κ2) is 8.41. The van der Waals surface area contributed by atoms with Crippen LogP contribution in [-0.4, -0.2) is 19.6 Å². The summed E-state index contributed by atoms with van der Waals surface area (Å²) in [4.78, 5) is 12.1. The van der Waals surface area contributed by atoms with E-state index in [2.05, 4.69) is 5.32 Å². The highest BCUT2D eigenvalue weighted by atomic mass is 35.5. The highest BCUT2D eigenvalue weighted by molar-refractivity contribution is 6.32. The van der Waals surface area contributed by atoms with Crippen molar-refractivity contribution < 1.29 is 14.3 Å². The van der Waals surface area contributed by atoms with Crippen molar-refractivity contribution in [1.82, 2.24) is 0 Å². The molecular formula is C21H18ClNO3. The fraction of sp³-hybridized carbons (Fsp3) is 0.0952. The number of halogens is 1. The van der Waals surface area contributed by atoms with Gasteiger partial charge in [0.1, 0.15) is 11.5 Å². The van der Waals surface area contributed by atoms with Crippen LogP contribution in [0.2, 0.25) is 5.02 Å². The number of hydrogen-bond donors (Lipinski definition) is 1. The maximum Gasteiger partial charge on any atom is 0.262 e. The van der Waals surface area contributed by atoms with E-state index >= 15 is 0 Å². The Morgan fingerprint density at radius 1 is 0.962 bits per heavy atom. The van der Waals surface area contributed by atoms with Crippen LogP contribution in [0.5, 0.6) is 11.5 Å². The van der Waals surface area contributed by atoms with E-state index in [1.807, 2.05) is 42.5 Å². The monoisotopic (exact) mass is 367 g/mol. The van der Waals surface area contributed by atoms with Crippen LogP contribution in [0.3, 0.4) is 0 Å². The lowest BCUT2D eigenvalue weighted by atomic mass is 10.1. The number of benzene rings is 3. The minimum absolute atomic E-state index is 0.137. The molecule has 3 aromatic carbocycles. The van der Waals surface area contributed by atoms with Crippen LogP contribution in [0.15, 0.2) is 72.8 Å². The van der Waals surface area contributed by atoms with Gasteiger partial charge in [-0.3, -0.25) is 4.79 Å². The Kier molecular flexibility index (Phi) is 5.77. The molecule has 0 aliphatic heterocycles. The second-order valence-electron chi connectivity index (χ2n) is 5.58. The predicted octanol–water partition coefficient (Wildman–Crippen LogP) is 5.03. The van der Waals surface area contributed by atoms with Crippen molar-refractivity contribution in [1.29, 1.82) is 0 Å². The Labute approximate surface area is 157 Å². The summed E-state index contributed by atoms with van der Waals surface area (Å²) < 4.78 is 10.7. The smallest absolute Gasteiger partial charge is 0.262 e. The quantitative estimate of drug-likeness (QED) is 0.664. The van der Waals surface area contributed by atoms with Gasteiger partial charge in [-0.05, 0) is 35.4 Å². The Hall–Kier alpha value is -2.98. The molecule has 3 aromatic rings. The SMILES string of the molecule is COc1cccc(NC(=O)COc2ccc(-c3ccccc3)cc2Cl)c1. The number of carbonyl (C=O) groups is 1. The average Bonchev–Trinajstić information content (AvgIpc) is 2.68. The third kappa shape index (κ3) is 4.55. The molecule has 26 heavy (non-hydrogen) atoms. The fourth-order valence-corrected chi connectivity index (χ4v) is 2.70. The van der Waals surface area contributed by atoms with Gasteiger partial charge in [0.2, 0.25) is 0 Å². The molecule has 0 radical (unpaired) electrons. The number of rotatable bonds is 6. The van der Waals surface area contributed by atoms with Crippen LogP contribution >= 0.6 is 11.6 Å². The first-order valence-corrected chi connectivity index (χ1v) is 8.45. The van der Waals surface area contributed by atoms with Gasteiger partial charge in [-0.25, -0.2) is 0 Å². The Morgan fingerprint density at radius 2 is 1.77 bits per heavy atom. The van der Waals surface area contributed by atoms with E-state index in [1.165, 1.54) is 0 Å². The zero-order chi connectivity index (χ0) is 18.4. The molecule has 5 heteroatoms. The van der Waals surface area contributed by atoms with Gasteiger partial charge < -0.3 is 14.8 Å².